The fourth-order valence-corrected chi connectivity index (χ4v) is 0.922. The lowest BCUT2D eigenvalue weighted by atomic mass is 9.82. The van der Waals surface area contributed by atoms with Crippen LogP contribution in [0.4, 0.5) is 0 Å². The van der Waals surface area contributed by atoms with E-state index in [1.165, 1.54) is 19.3 Å². The average Bonchev–Trinajstić information content (AvgIpc) is 1.23. The summed E-state index contributed by atoms with van der Waals surface area (Å²) in [5.41, 5.74) is 0. The van der Waals surface area contributed by atoms with E-state index in [-0.39, 0.29) is 6.10 Å². The molecule has 1 heteroatoms. The highest BCUT2D eigenvalue weighted by Crippen LogP contribution is 2.28. The average molecular weight is 100 g/mol. The molecule has 0 spiro atoms. The number of aliphatic hydroxyl groups is 1. The molecule has 1 aliphatic rings. The third kappa shape index (κ3) is 0.942. The lowest BCUT2D eigenvalue weighted by molar-refractivity contribution is 0.0779. The van der Waals surface area contributed by atoms with Gasteiger partial charge in [-0.15, -0.1) is 0 Å². The summed E-state index contributed by atoms with van der Waals surface area (Å²) < 4.78 is 0. The summed E-state index contributed by atoms with van der Waals surface area (Å²) in [6.45, 7) is 1.88. The summed E-state index contributed by atoms with van der Waals surface area (Å²) >= 11 is 0. The van der Waals surface area contributed by atoms with Crippen molar-refractivity contribution < 1.29 is 5.11 Å². The number of rotatable bonds is 1. The van der Waals surface area contributed by atoms with Gasteiger partial charge in [-0.2, -0.15) is 0 Å². The first-order chi connectivity index (χ1) is 3.30. The Labute approximate surface area is 44.4 Å². The lowest BCUT2D eigenvalue weighted by Gasteiger charge is -2.27. The third-order valence-corrected chi connectivity index (χ3v) is 1.83. The molecule has 1 aliphatic carbocycles. The second kappa shape index (κ2) is 1.83. The maximum Gasteiger partial charge on any atom is 0.0540 e. The maximum absolute atomic E-state index is 8.87. The Morgan fingerprint density at radius 1 is 1.57 bits per heavy atom. The standard InChI is InChI=1S/C6H12O/c1-5(7)6-3-2-4-6/h5-7H,2-4H2,1H3/t5-/m0/s1. The van der Waals surface area contributed by atoms with Crippen molar-refractivity contribution >= 4 is 0 Å². The number of hydrogen-bond donors (Lipinski definition) is 1. The third-order valence-electron chi connectivity index (χ3n) is 1.83. The van der Waals surface area contributed by atoms with Crippen LogP contribution in [0.25, 0.3) is 0 Å². The molecule has 42 valence electrons. The summed E-state index contributed by atoms with van der Waals surface area (Å²) in [5, 5.41) is 8.87. The zero-order valence-electron chi connectivity index (χ0n) is 4.72. The van der Waals surface area contributed by atoms with Gasteiger partial charge in [0.2, 0.25) is 0 Å². The van der Waals surface area contributed by atoms with Crippen LogP contribution < -0.4 is 0 Å². The molecule has 7 heavy (non-hydrogen) atoms. The van der Waals surface area contributed by atoms with E-state index in [0.717, 1.165) is 0 Å². The topological polar surface area (TPSA) is 20.2 Å². The van der Waals surface area contributed by atoms with E-state index in [0.29, 0.717) is 5.92 Å². The van der Waals surface area contributed by atoms with Crippen LogP contribution >= 0.6 is 0 Å². The molecule has 1 fully saturated rings. The highest BCUT2D eigenvalue weighted by Gasteiger charge is 2.21. The Bertz CT molecular complexity index is 55.2. The van der Waals surface area contributed by atoms with Crippen molar-refractivity contribution in [1.29, 1.82) is 0 Å². The van der Waals surface area contributed by atoms with Gasteiger partial charge >= 0.3 is 0 Å². The first kappa shape index (κ1) is 5.10. The van der Waals surface area contributed by atoms with E-state index in [2.05, 4.69) is 0 Å². The number of aliphatic hydroxyl groups excluding tert-OH is 1. The zero-order valence-corrected chi connectivity index (χ0v) is 4.72. The Hall–Kier alpha value is -0.0400. The molecular formula is C6H12O. The largest absolute Gasteiger partial charge is 0.393 e. The second-order valence-electron chi connectivity index (χ2n) is 2.43. The van der Waals surface area contributed by atoms with Crippen molar-refractivity contribution in [1.82, 2.24) is 0 Å². The van der Waals surface area contributed by atoms with Gasteiger partial charge in [-0.3, -0.25) is 0 Å². The van der Waals surface area contributed by atoms with E-state index in [1.54, 1.807) is 0 Å². The van der Waals surface area contributed by atoms with Gasteiger partial charge in [0.05, 0.1) is 6.10 Å². The molecule has 1 saturated carbocycles. The van der Waals surface area contributed by atoms with E-state index in [9.17, 15) is 0 Å². The van der Waals surface area contributed by atoms with Crippen molar-refractivity contribution in [2.24, 2.45) is 5.92 Å². The van der Waals surface area contributed by atoms with Crippen molar-refractivity contribution in [3.63, 3.8) is 0 Å². The fraction of sp³-hybridized carbons (Fsp3) is 1.00. The first-order valence-corrected chi connectivity index (χ1v) is 2.99. The zero-order chi connectivity index (χ0) is 5.28. The molecule has 0 aromatic rings. The second-order valence-corrected chi connectivity index (χ2v) is 2.43. The predicted octanol–water partition coefficient (Wildman–Crippen LogP) is 1.17. The van der Waals surface area contributed by atoms with Crippen LogP contribution in [0.1, 0.15) is 26.2 Å². The minimum Gasteiger partial charge on any atom is -0.393 e. The molecule has 0 radical (unpaired) electrons. The first-order valence-electron chi connectivity index (χ1n) is 2.99. The van der Waals surface area contributed by atoms with Crippen LogP contribution in [0, 0.1) is 5.92 Å². The summed E-state index contributed by atoms with van der Waals surface area (Å²) in [4.78, 5) is 0. The van der Waals surface area contributed by atoms with Crippen molar-refractivity contribution in [2.75, 3.05) is 0 Å². The molecule has 0 heterocycles. The van der Waals surface area contributed by atoms with Crippen LogP contribution in [-0.2, 0) is 0 Å². The lowest BCUT2D eigenvalue weighted by Crippen LogP contribution is -2.23. The van der Waals surface area contributed by atoms with Crippen LogP contribution in [0.2, 0.25) is 0 Å². The highest BCUT2D eigenvalue weighted by atomic mass is 16.3. The Morgan fingerprint density at radius 2 is 2.14 bits per heavy atom. The molecule has 0 bridgehead atoms. The summed E-state index contributed by atoms with van der Waals surface area (Å²) in [6, 6.07) is 0. The smallest absolute Gasteiger partial charge is 0.0540 e. The molecule has 0 aromatic heterocycles. The number of hydrogen-bond acceptors (Lipinski definition) is 1. The highest BCUT2D eigenvalue weighted by molar-refractivity contribution is 4.73. The van der Waals surface area contributed by atoms with Crippen LogP contribution in [0.5, 0.6) is 0 Å². The Balaban J connectivity index is 2.14. The monoisotopic (exact) mass is 100 g/mol. The molecular weight excluding hydrogens is 88.1 g/mol. The van der Waals surface area contributed by atoms with E-state index >= 15 is 0 Å². The van der Waals surface area contributed by atoms with E-state index in [4.69, 9.17) is 5.11 Å². The van der Waals surface area contributed by atoms with Crippen molar-refractivity contribution in [3.05, 3.63) is 0 Å². The molecule has 1 rings (SSSR count). The minimum absolute atomic E-state index is 0.0475. The normalized spacial score (nSPS) is 26.6. The van der Waals surface area contributed by atoms with E-state index < -0.39 is 0 Å². The van der Waals surface area contributed by atoms with Crippen LogP contribution in [-0.4, -0.2) is 11.2 Å². The molecule has 1 nitrogen and oxygen atoms in total. The van der Waals surface area contributed by atoms with Gasteiger partial charge in [-0.05, 0) is 25.7 Å². The fourth-order valence-electron chi connectivity index (χ4n) is 0.922. The van der Waals surface area contributed by atoms with Gasteiger partial charge in [0.15, 0.2) is 0 Å². The molecule has 0 unspecified atom stereocenters. The quantitative estimate of drug-likeness (QED) is 0.524. The molecule has 0 aromatic carbocycles. The Kier molecular flexibility index (Phi) is 1.33. The molecule has 0 aliphatic heterocycles. The van der Waals surface area contributed by atoms with Gasteiger partial charge in [-0.25, -0.2) is 0 Å². The van der Waals surface area contributed by atoms with Gasteiger partial charge in [-0.1, -0.05) is 6.42 Å². The predicted molar refractivity (Wildman–Crippen MR) is 29.0 cm³/mol. The molecule has 1 N–H and O–H groups in total. The summed E-state index contributed by atoms with van der Waals surface area (Å²) in [6.07, 6.45) is 3.78. The molecule has 1 atom stereocenters. The van der Waals surface area contributed by atoms with Gasteiger partial charge < -0.3 is 5.11 Å². The Morgan fingerprint density at radius 3 is 2.14 bits per heavy atom. The van der Waals surface area contributed by atoms with E-state index in [1.807, 2.05) is 6.92 Å². The van der Waals surface area contributed by atoms with Gasteiger partial charge in [0, 0.05) is 0 Å². The van der Waals surface area contributed by atoms with Crippen molar-refractivity contribution in [3.8, 4) is 0 Å². The summed E-state index contributed by atoms with van der Waals surface area (Å²) in [5.74, 6) is 0.639. The van der Waals surface area contributed by atoms with Gasteiger partial charge in [0.25, 0.3) is 0 Å². The van der Waals surface area contributed by atoms with Gasteiger partial charge in [0.1, 0.15) is 0 Å². The SMILES string of the molecule is C[C@H](O)C1CCC1. The maximum atomic E-state index is 8.87. The minimum atomic E-state index is -0.0475. The van der Waals surface area contributed by atoms with Crippen molar-refractivity contribution in [2.45, 2.75) is 32.3 Å². The summed E-state index contributed by atoms with van der Waals surface area (Å²) in [7, 11) is 0. The van der Waals surface area contributed by atoms with Crippen LogP contribution in [0.15, 0.2) is 0 Å². The molecule has 0 amide bonds. The molecule has 0 saturated heterocycles. The van der Waals surface area contributed by atoms with Crippen LogP contribution in [0.3, 0.4) is 0 Å².